The van der Waals surface area contributed by atoms with Gasteiger partial charge in [-0.2, -0.15) is 0 Å². The first-order chi connectivity index (χ1) is 2.91. The summed E-state index contributed by atoms with van der Waals surface area (Å²) < 4.78 is 0. The van der Waals surface area contributed by atoms with Gasteiger partial charge in [-0.25, -0.2) is 0 Å². The van der Waals surface area contributed by atoms with E-state index in [-0.39, 0.29) is 0 Å². The molecular formula is C5H9Cl. The highest BCUT2D eigenvalue weighted by molar-refractivity contribution is 6.25. The third-order valence-electron chi connectivity index (χ3n) is 0.544. The van der Waals surface area contributed by atoms with E-state index in [2.05, 4.69) is 6.92 Å². The Balaban J connectivity index is 2.66. The van der Waals surface area contributed by atoms with Crippen molar-refractivity contribution in [3.63, 3.8) is 0 Å². The fourth-order valence-corrected chi connectivity index (χ4v) is 0.356. The van der Waals surface area contributed by atoms with E-state index in [0.29, 0.717) is 0 Å². The highest BCUT2D eigenvalue weighted by Crippen LogP contribution is 1.88. The van der Waals surface area contributed by atoms with Crippen molar-refractivity contribution in [1.82, 2.24) is 0 Å². The Morgan fingerprint density at radius 2 is 2.33 bits per heavy atom. The highest BCUT2D eigenvalue weighted by atomic mass is 35.5. The normalized spacial score (nSPS) is 10.3. The molecule has 0 amide bonds. The van der Waals surface area contributed by atoms with E-state index in [1.54, 1.807) is 5.54 Å². The second-order valence-electron chi connectivity index (χ2n) is 1.15. The highest BCUT2D eigenvalue weighted by Gasteiger charge is 1.65. The number of hydrogen-bond acceptors (Lipinski definition) is 0. The largest absolute Gasteiger partial charge is 0.0933 e. The molecule has 0 bridgehead atoms. The molecule has 0 aliphatic rings. The Kier molecular flexibility index (Phi) is 5.06. The van der Waals surface area contributed by atoms with Gasteiger partial charge < -0.3 is 0 Å². The second-order valence-corrected chi connectivity index (χ2v) is 1.40. The van der Waals surface area contributed by atoms with Gasteiger partial charge in [0, 0.05) is 5.54 Å². The maximum atomic E-state index is 5.20. The van der Waals surface area contributed by atoms with E-state index >= 15 is 0 Å². The fraction of sp³-hybridized carbons (Fsp3) is 0.600. The van der Waals surface area contributed by atoms with E-state index in [1.807, 2.05) is 6.08 Å². The van der Waals surface area contributed by atoms with Crippen LogP contribution in [-0.2, 0) is 0 Å². The SMILES string of the molecule is CCC/C=C/Cl. The quantitative estimate of drug-likeness (QED) is 0.505. The van der Waals surface area contributed by atoms with Gasteiger partial charge in [-0.05, 0) is 6.42 Å². The zero-order chi connectivity index (χ0) is 4.83. The minimum absolute atomic E-state index is 1.10. The van der Waals surface area contributed by atoms with Crippen LogP contribution in [0.25, 0.3) is 0 Å². The first-order valence-corrected chi connectivity index (χ1v) is 2.60. The van der Waals surface area contributed by atoms with Gasteiger partial charge in [-0.1, -0.05) is 31.0 Å². The van der Waals surface area contributed by atoms with Crippen LogP contribution in [0.5, 0.6) is 0 Å². The molecule has 0 rings (SSSR count). The molecule has 0 aromatic heterocycles. The fourth-order valence-electron chi connectivity index (χ4n) is 0.230. The maximum absolute atomic E-state index is 5.20. The summed E-state index contributed by atoms with van der Waals surface area (Å²) in [5.41, 5.74) is 1.56. The Morgan fingerprint density at radius 1 is 1.67 bits per heavy atom. The van der Waals surface area contributed by atoms with E-state index in [0.717, 1.165) is 6.42 Å². The van der Waals surface area contributed by atoms with Crippen molar-refractivity contribution in [2.75, 3.05) is 0 Å². The Morgan fingerprint density at radius 3 is 2.50 bits per heavy atom. The minimum atomic E-state index is 1.10. The summed E-state index contributed by atoms with van der Waals surface area (Å²) in [4.78, 5) is 0. The molecule has 36 valence electrons. The first-order valence-electron chi connectivity index (χ1n) is 2.17. The second kappa shape index (κ2) is 5.03. The van der Waals surface area contributed by atoms with Crippen LogP contribution in [0.1, 0.15) is 19.8 Å². The Labute approximate surface area is 43.8 Å². The minimum Gasteiger partial charge on any atom is -0.0933 e. The van der Waals surface area contributed by atoms with Crippen LogP contribution in [-0.4, -0.2) is 0 Å². The standard InChI is InChI=1S/C5H9Cl/c1-2-3-4-5-6/h4-5H,2-3H2,1H3/b5-4+. The molecule has 1 heteroatoms. The lowest BCUT2D eigenvalue weighted by Crippen LogP contribution is -1.54. The summed E-state index contributed by atoms with van der Waals surface area (Å²) in [6, 6.07) is 0. The molecule has 0 radical (unpaired) electrons. The summed E-state index contributed by atoms with van der Waals surface area (Å²) >= 11 is 5.20. The van der Waals surface area contributed by atoms with Crippen molar-refractivity contribution in [1.29, 1.82) is 0 Å². The van der Waals surface area contributed by atoms with Gasteiger partial charge in [0.1, 0.15) is 0 Å². The number of hydrogen-bond donors (Lipinski definition) is 0. The van der Waals surface area contributed by atoms with Crippen LogP contribution in [0.4, 0.5) is 0 Å². The Bertz CT molecular complexity index is 39.2. The molecule has 0 spiro atoms. The molecule has 0 aliphatic carbocycles. The van der Waals surface area contributed by atoms with Gasteiger partial charge in [0.25, 0.3) is 0 Å². The van der Waals surface area contributed by atoms with Crippen LogP contribution in [0.15, 0.2) is 11.6 Å². The molecule has 0 aromatic carbocycles. The van der Waals surface area contributed by atoms with Gasteiger partial charge in [0.05, 0.1) is 0 Å². The van der Waals surface area contributed by atoms with Gasteiger partial charge in [0.2, 0.25) is 0 Å². The predicted molar refractivity (Wildman–Crippen MR) is 29.9 cm³/mol. The van der Waals surface area contributed by atoms with Crippen molar-refractivity contribution < 1.29 is 0 Å². The molecular weight excluding hydrogens is 95.5 g/mol. The molecule has 0 saturated carbocycles. The molecule has 0 heterocycles. The molecule has 6 heavy (non-hydrogen) atoms. The van der Waals surface area contributed by atoms with Gasteiger partial charge in [-0.15, -0.1) is 0 Å². The lowest BCUT2D eigenvalue weighted by atomic mass is 10.3. The summed E-state index contributed by atoms with van der Waals surface area (Å²) in [7, 11) is 0. The lowest BCUT2D eigenvalue weighted by molar-refractivity contribution is 0.960. The van der Waals surface area contributed by atoms with Crippen molar-refractivity contribution in [2.24, 2.45) is 0 Å². The van der Waals surface area contributed by atoms with Crippen molar-refractivity contribution in [3.8, 4) is 0 Å². The zero-order valence-corrected chi connectivity index (χ0v) is 4.70. The number of unbranched alkanes of at least 4 members (excludes halogenated alkanes) is 1. The molecule has 0 unspecified atom stereocenters. The van der Waals surface area contributed by atoms with Crippen molar-refractivity contribution in [3.05, 3.63) is 11.6 Å². The van der Waals surface area contributed by atoms with E-state index < -0.39 is 0 Å². The summed E-state index contributed by atoms with van der Waals surface area (Å²) in [6.45, 7) is 2.12. The number of allylic oxidation sites excluding steroid dienone is 1. The molecule has 0 aliphatic heterocycles. The molecule has 0 aromatic rings. The van der Waals surface area contributed by atoms with Gasteiger partial charge in [0.15, 0.2) is 0 Å². The average Bonchev–Trinajstić information content (AvgIpc) is 1.61. The summed E-state index contributed by atoms with van der Waals surface area (Å²) in [5, 5.41) is 0. The maximum Gasteiger partial charge on any atom is 0.000245 e. The van der Waals surface area contributed by atoms with E-state index in [1.165, 1.54) is 6.42 Å². The summed E-state index contributed by atoms with van der Waals surface area (Å²) in [5.74, 6) is 0. The number of rotatable bonds is 2. The monoisotopic (exact) mass is 104 g/mol. The van der Waals surface area contributed by atoms with E-state index in [9.17, 15) is 0 Å². The number of halogens is 1. The zero-order valence-electron chi connectivity index (χ0n) is 3.95. The van der Waals surface area contributed by atoms with Crippen LogP contribution < -0.4 is 0 Å². The van der Waals surface area contributed by atoms with Crippen LogP contribution >= 0.6 is 11.6 Å². The van der Waals surface area contributed by atoms with Gasteiger partial charge in [-0.3, -0.25) is 0 Å². The molecule has 0 N–H and O–H groups in total. The third-order valence-corrected chi connectivity index (χ3v) is 0.723. The van der Waals surface area contributed by atoms with Crippen molar-refractivity contribution >= 4 is 11.6 Å². The Hall–Kier alpha value is 0.0300. The third kappa shape index (κ3) is 4.03. The lowest BCUT2D eigenvalue weighted by Gasteiger charge is -1.75. The van der Waals surface area contributed by atoms with Crippen molar-refractivity contribution in [2.45, 2.75) is 19.8 Å². The topological polar surface area (TPSA) is 0 Å². The molecule has 0 atom stereocenters. The van der Waals surface area contributed by atoms with Crippen LogP contribution in [0.2, 0.25) is 0 Å². The molecule has 0 fully saturated rings. The smallest absolute Gasteiger partial charge is 0.000245 e. The summed E-state index contributed by atoms with van der Waals surface area (Å²) in [6.07, 6.45) is 4.23. The van der Waals surface area contributed by atoms with Gasteiger partial charge >= 0.3 is 0 Å². The first kappa shape index (κ1) is 6.03. The predicted octanol–water partition coefficient (Wildman–Crippen LogP) is 2.54. The van der Waals surface area contributed by atoms with Crippen LogP contribution in [0.3, 0.4) is 0 Å². The average molecular weight is 105 g/mol. The van der Waals surface area contributed by atoms with Crippen LogP contribution in [0, 0.1) is 0 Å². The molecule has 0 nitrogen and oxygen atoms in total. The van der Waals surface area contributed by atoms with E-state index in [4.69, 9.17) is 11.6 Å². The molecule has 0 saturated heterocycles.